The van der Waals surface area contributed by atoms with Crippen LogP contribution in [0.2, 0.25) is 0 Å². The van der Waals surface area contributed by atoms with Crippen molar-refractivity contribution in [1.82, 2.24) is 4.57 Å². The van der Waals surface area contributed by atoms with Gasteiger partial charge in [-0.05, 0) is 43.3 Å². The highest BCUT2D eigenvalue weighted by Gasteiger charge is 2.18. The normalized spacial score (nSPS) is 11.6. The molecule has 0 spiro atoms. The molecule has 24 heavy (non-hydrogen) atoms. The summed E-state index contributed by atoms with van der Waals surface area (Å²) in [6.45, 7) is 1.62. The van der Waals surface area contributed by atoms with Crippen LogP contribution in [0.25, 0.3) is 16.9 Å². The van der Waals surface area contributed by atoms with Gasteiger partial charge in [0, 0.05) is 5.56 Å². The van der Waals surface area contributed by atoms with E-state index in [9.17, 15) is 17.6 Å². The Morgan fingerprint density at radius 2 is 1.62 bits per heavy atom. The molecule has 0 fully saturated rings. The molecule has 1 aromatic heterocycles. The minimum Gasteiger partial charge on any atom is -0.412 e. The number of aryl methyl sites for hydroxylation is 1. The molecule has 3 aromatic rings. The topological polar surface area (TPSA) is 95.3 Å². The van der Waals surface area contributed by atoms with E-state index in [1.54, 1.807) is 6.92 Å². The lowest BCUT2D eigenvalue weighted by Gasteiger charge is -2.08. The standard InChI is InChI=1S/C16H13FN2O4S/c1-10-15(11-2-8-14(9-3-11)24(18,21)22)19(16(20)23-10)13-6-4-12(17)5-7-13/h2-9H,1H3,(H2,18,21,22). The molecule has 0 aliphatic rings. The second kappa shape index (κ2) is 5.73. The van der Waals surface area contributed by atoms with Crippen molar-refractivity contribution in [3.63, 3.8) is 0 Å². The smallest absolute Gasteiger partial charge is 0.412 e. The maximum atomic E-state index is 13.1. The van der Waals surface area contributed by atoms with Crippen molar-refractivity contribution in [2.45, 2.75) is 11.8 Å². The van der Waals surface area contributed by atoms with Crippen LogP contribution < -0.4 is 10.9 Å². The SMILES string of the molecule is Cc1oc(=O)n(-c2ccc(F)cc2)c1-c1ccc(S(N)(=O)=O)cc1. The number of nitrogens with zero attached hydrogens (tertiary/aromatic N) is 1. The minimum absolute atomic E-state index is 0.0388. The van der Waals surface area contributed by atoms with Crippen LogP contribution in [0.4, 0.5) is 4.39 Å². The average Bonchev–Trinajstić information content (AvgIpc) is 2.82. The van der Waals surface area contributed by atoms with Crippen LogP contribution in [0.15, 0.2) is 62.6 Å². The van der Waals surface area contributed by atoms with Crippen molar-refractivity contribution in [1.29, 1.82) is 0 Å². The summed E-state index contributed by atoms with van der Waals surface area (Å²) in [5.74, 6) is -0.691. The van der Waals surface area contributed by atoms with Crippen LogP contribution in [-0.4, -0.2) is 13.0 Å². The van der Waals surface area contributed by atoms with Gasteiger partial charge in [-0.3, -0.25) is 0 Å². The Bertz CT molecular complexity index is 1050. The Hall–Kier alpha value is -2.71. The third-order valence-electron chi connectivity index (χ3n) is 3.52. The fourth-order valence-electron chi connectivity index (χ4n) is 2.43. The van der Waals surface area contributed by atoms with Gasteiger partial charge in [-0.15, -0.1) is 0 Å². The van der Waals surface area contributed by atoms with Gasteiger partial charge in [0.15, 0.2) is 0 Å². The number of hydrogen-bond acceptors (Lipinski definition) is 4. The molecule has 8 heteroatoms. The van der Waals surface area contributed by atoms with Crippen molar-refractivity contribution < 1.29 is 17.2 Å². The second-order valence-electron chi connectivity index (χ2n) is 5.15. The van der Waals surface area contributed by atoms with E-state index in [-0.39, 0.29) is 4.90 Å². The van der Waals surface area contributed by atoms with Crippen LogP contribution in [-0.2, 0) is 10.0 Å². The third kappa shape index (κ3) is 2.89. The summed E-state index contributed by atoms with van der Waals surface area (Å²) < 4.78 is 42.2. The first kappa shape index (κ1) is 16.2. The Morgan fingerprint density at radius 3 is 2.17 bits per heavy atom. The molecule has 0 aliphatic heterocycles. The van der Waals surface area contributed by atoms with E-state index in [1.807, 2.05) is 0 Å². The van der Waals surface area contributed by atoms with Crippen LogP contribution in [0, 0.1) is 12.7 Å². The molecule has 0 saturated heterocycles. The molecule has 0 bridgehead atoms. The molecule has 124 valence electrons. The van der Waals surface area contributed by atoms with Crippen LogP contribution in [0.5, 0.6) is 0 Å². The first-order valence-electron chi connectivity index (χ1n) is 6.89. The minimum atomic E-state index is -3.81. The van der Waals surface area contributed by atoms with Crippen molar-refractivity contribution in [3.8, 4) is 16.9 Å². The van der Waals surface area contributed by atoms with Gasteiger partial charge < -0.3 is 4.42 Å². The summed E-state index contributed by atoms with van der Waals surface area (Å²) >= 11 is 0. The molecule has 0 atom stereocenters. The van der Waals surface area contributed by atoms with E-state index in [0.717, 1.165) is 0 Å². The number of oxazole rings is 1. The molecule has 0 aliphatic carbocycles. The zero-order chi connectivity index (χ0) is 17.5. The number of nitrogens with two attached hydrogens (primary N) is 1. The average molecular weight is 348 g/mol. The maximum absolute atomic E-state index is 13.1. The molecule has 0 unspecified atom stereocenters. The number of primary sulfonamides is 1. The summed E-state index contributed by atoms with van der Waals surface area (Å²) in [5.41, 5.74) is 1.45. The number of halogens is 1. The summed E-state index contributed by atoms with van der Waals surface area (Å²) in [6, 6.07) is 11.1. The predicted octanol–water partition coefficient (Wildman–Crippen LogP) is 2.19. The molecule has 2 N–H and O–H groups in total. The van der Waals surface area contributed by atoms with Gasteiger partial charge in [-0.25, -0.2) is 27.3 Å². The highest BCUT2D eigenvalue weighted by molar-refractivity contribution is 7.89. The lowest BCUT2D eigenvalue weighted by atomic mass is 10.1. The molecular formula is C16H13FN2O4S. The summed E-state index contributed by atoms with van der Waals surface area (Å²) in [5, 5.41) is 5.08. The van der Waals surface area contributed by atoms with E-state index in [2.05, 4.69) is 0 Å². The van der Waals surface area contributed by atoms with Crippen molar-refractivity contribution >= 4 is 10.0 Å². The van der Waals surface area contributed by atoms with E-state index in [0.29, 0.717) is 22.7 Å². The van der Waals surface area contributed by atoms with Gasteiger partial charge >= 0.3 is 5.76 Å². The van der Waals surface area contributed by atoms with Crippen LogP contribution in [0.1, 0.15) is 5.76 Å². The molecule has 2 aromatic carbocycles. The number of hydrogen-bond donors (Lipinski definition) is 1. The summed E-state index contributed by atoms with van der Waals surface area (Å²) in [7, 11) is -3.81. The highest BCUT2D eigenvalue weighted by Crippen LogP contribution is 2.26. The van der Waals surface area contributed by atoms with Crippen LogP contribution >= 0.6 is 0 Å². The number of benzene rings is 2. The Morgan fingerprint density at radius 1 is 1.04 bits per heavy atom. The van der Waals surface area contributed by atoms with E-state index in [4.69, 9.17) is 9.56 Å². The fourth-order valence-corrected chi connectivity index (χ4v) is 2.95. The first-order chi connectivity index (χ1) is 11.3. The van der Waals surface area contributed by atoms with Gasteiger partial charge in [0.1, 0.15) is 11.6 Å². The number of rotatable bonds is 3. The quantitative estimate of drug-likeness (QED) is 0.785. The van der Waals surface area contributed by atoms with Crippen LogP contribution in [0.3, 0.4) is 0 Å². The van der Waals surface area contributed by atoms with Crippen molar-refractivity contribution in [2.24, 2.45) is 5.14 Å². The van der Waals surface area contributed by atoms with Crippen molar-refractivity contribution in [2.75, 3.05) is 0 Å². The molecule has 0 radical (unpaired) electrons. The van der Waals surface area contributed by atoms with E-state index >= 15 is 0 Å². The van der Waals surface area contributed by atoms with Gasteiger partial charge in [-0.1, -0.05) is 12.1 Å². The molecule has 0 amide bonds. The Labute approximate surface area is 137 Å². The summed E-state index contributed by atoms with van der Waals surface area (Å²) in [4.78, 5) is 12.1. The van der Waals surface area contributed by atoms with E-state index in [1.165, 1.54) is 53.1 Å². The zero-order valence-corrected chi connectivity index (χ0v) is 13.4. The zero-order valence-electron chi connectivity index (χ0n) is 12.6. The van der Waals surface area contributed by atoms with E-state index < -0.39 is 21.6 Å². The molecule has 3 rings (SSSR count). The Balaban J connectivity index is 2.18. The largest absolute Gasteiger partial charge is 0.424 e. The number of sulfonamides is 1. The fraction of sp³-hybridized carbons (Fsp3) is 0.0625. The predicted molar refractivity (Wildman–Crippen MR) is 85.8 cm³/mol. The Kier molecular flexibility index (Phi) is 3.86. The van der Waals surface area contributed by atoms with Gasteiger partial charge in [-0.2, -0.15) is 0 Å². The highest BCUT2D eigenvalue weighted by atomic mass is 32.2. The molecular weight excluding hydrogens is 335 g/mol. The molecule has 0 saturated carbocycles. The lowest BCUT2D eigenvalue weighted by Crippen LogP contribution is -2.13. The van der Waals surface area contributed by atoms with Crippen molar-refractivity contribution in [3.05, 3.63) is 70.7 Å². The third-order valence-corrected chi connectivity index (χ3v) is 4.45. The number of aromatic nitrogens is 1. The monoisotopic (exact) mass is 348 g/mol. The van der Waals surface area contributed by atoms with Gasteiger partial charge in [0.05, 0.1) is 16.3 Å². The van der Waals surface area contributed by atoms with Gasteiger partial charge in [0.25, 0.3) is 0 Å². The molecule has 6 nitrogen and oxygen atoms in total. The summed E-state index contributed by atoms with van der Waals surface area (Å²) in [6.07, 6.45) is 0. The lowest BCUT2D eigenvalue weighted by molar-refractivity contribution is 0.479. The second-order valence-corrected chi connectivity index (χ2v) is 6.72. The first-order valence-corrected chi connectivity index (χ1v) is 8.43. The van der Waals surface area contributed by atoms with Gasteiger partial charge in [0.2, 0.25) is 10.0 Å². The maximum Gasteiger partial charge on any atom is 0.424 e. The molecule has 1 heterocycles.